The van der Waals surface area contributed by atoms with Crippen LogP contribution in [0.25, 0.3) is 0 Å². The fourth-order valence-electron chi connectivity index (χ4n) is 2.14. The minimum absolute atomic E-state index is 0.0497. The van der Waals surface area contributed by atoms with Gasteiger partial charge in [0.25, 0.3) is 0 Å². The molecule has 0 fully saturated rings. The number of rotatable bonds is 2. The third kappa shape index (κ3) is 2.13. The molecule has 3 rings (SSSR count). The number of hydrogen-bond donors (Lipinski definition) is 2. The van der Waals surface area contributed by atoms with Crippen LogP contribution in [0, 0.1) is 6.92 Å². The molecule has 7 nitrogen and oxygen atoms in total. The van der Waals surface area contributed by atoms with Gasteiger partial charge in [-0.25, -0.2) is 4.68 Å². The molecular formula is C13H13N5O2. The first-order valence-corrected chi connectivity index (χ1v) is 6.21. The minimum Gasteiger partial charge on any atom is -0.324 e. The molecule has 1 aromatic heterocycles. The third-order valence-electron chi connectivity index (χ3n) is 3.20. The maximum absolute atomic E-state index is 12.3. The Balaban J connectivity index is 1.85. The summed E-state index contributed by atoms with van der Waals surface area (Å²) in [6.45, 7) is 1.91. The molecule has 1 aliphatic rings. The van der Waals surface area contributed by atoms with Gasteiger partial charge in [0.15, 0.2) is 0 Å². The van der Waals surface area contributed by atoms with Gasteiger partial charge in [-0.2, -0.15) is 10.1 Å². The van der Waals surface area contributed by atoms with Crippen molar-refractivity contribution in [1.29, 1.82) is 0 Å². The summed E-state index contributed by atoms with van der Waals surface area (Å²) in [5.74, 6) is -0.220. The number of aryl methyl sites for hydroxylation is 1. The van der Waals surface area contributed by atoms with Gasteiger partial charge in [-0.3, -0.25) is 14.9 Å². The number of para-hydroxylation sites is 1. The summed E-state index contributed by atoms with van der Waals surface area (Å²) in [6, 6.07) is 6.79. The van der Waals surface area contributed by atoms with Crippen LogP contribution in [0.5, 0.6) is 0 Å². The maximum Gasteiger partial charge on any atom is 0.249 e. The first-order valence-electron chi connectivity index (χ1n) is 6.21. The predicted octanol–water partition coefficient (Wildman–Crippen LogP) is 1.11. The molecule has 0 aliphatic carbocycles. The molecule has 2 N–H and O–H groups in total. The Kier molecular flexibility index (Phi) is 2.94. The van der Waals surface area contributed by atoms with Crippen LogP contribution in [0.4, 0.5) is 11.6 Å². The highest BCUT2D eigenvalue weighted by Gasteiger charge is 2.31. The van der Waals surface area contributed by atoms with Crippen LogP contribution >= 0.6 is 0 Å². The van der Waals surface area contributed by atoms with Crippen LogP contribution in [0.3, 0.4) is 0 Å². The summed E-state index contributed by atoms with van der Waals surface area (Å²) in [7, 11) is 0. The first-order chi connectivity index (χ1) is 9.65. The molecule has 2 aromatic rings. The standard InChI is InChI=1S/C13H13N5O2/c1-8-4-2-3-5-9(8)16-12(20)10-6-11(19)17-13-14-7-15-18(10)13/h2-5,7,10H,6H2,1H3,(H,16,20)(H,14,15,17,19)/t10-/m1/s1. The van der Waals surface area contributed by atoms with Crippen LogP contribution in [0.2, 0.25) is 0 Å². The molecule has 20 heavy (non-hydrogen) atoms. The van der Waals surface area contributed by atoms with Gasteiger partial charge in [0.05, 0.1) is 6.42 Å². The molecule has 2 amide bonds. The van der Waals surface area contributed by atoms with E-state index in [1.54, 1.807) is 0 Å². The van der Waals surface area contributed by atoms with Gasteiger partial charge in [0, 0.05) is 5.69 Å². The lowest BCUT2D eigenvalue weighted by Crippen LogP contribution is -2.36. The van der Waals surface area contributed by atoms with E-state index >= 15 is 0 Å². The van der Waals surface area contributed by atoms with E-state index < -0.39 is 6.04 Å². The zero-order valence-corrected chi connectivity index (χ0v) is 10.8. The molecular weight excluding hydrogens is 258 g/mol. The monoisotopic (exact) mass is 271 g/mol. The highest BCUT2D eigenvalue weighted by molar-refractivity contribution is 6.00. The second kappa shape index (κ2) is 4.76. The van der Waals surface area contributed by atoms with Gasteiger partial charge in [-0.1, -0.05) is 18.2 Å². The van der Waals surface area contributed by atoms with Crippen molar-refractivity contribution in [3.63, 3.8) is 0 Å². The zero-order valence-electron chi connectivity index (χ0n) is 10.8. The average Bonchev–Trinajstić information content (AvgIpc) is 2.88. The molecule has 1 aliphatic heterocycles. The number of nitrogens with one attached hydrogen (secondary N) is 2. The first kappa shape index (κ1) is 12.3. The van der Waals surface area contributed by atoms with Crippen molar-refractivity contribution in [2.45, 2.75) is 19.4 Å². The lowest BCUT2D eigenvalue weighted by atomic mass is 10.1. The number of amides is 2. The number of nitrogens with zero attached hydrogens (tertiary/aromatic N) is 3. The van der Waals surface area contributed by atoms with Crippen molar-refractivity contribution in [3.05, 3.63) is 36.2 Å². The molecule has 7 heteroatoms. The summed E-state index contributed by atoms with van der Waals surface area (Å²) in [4.78, 5) is 27.8. The van der Waals surface area contributed by atoms with Crippen LogP contribution in [-0.4, -0.2) is 26.6 Å². The quantitative estimate of drug-likeness (QED) is 0.856. The van der Waals surface area contributed by atoms with Crippen molar-refractivity contribution >= 4 is 23.5 Å². The molecule has 1 aromatic carbocycles. The summed E-state index contributed by atoms with van der Waals surface area (Å²) >= 11 is 0. The van der Waals surface area contributed by atoms with Gasteiger partial charge in [-0.15, -0.1) is 0 Å². The van der Waals surface area contributed by atoms with E-state index in [9.17, 15) is 9.59 Å². The summed E-state index contributed by atoms with van der Waals surface area (Å²) in [5.41, 5.74) is 1.69. The summed E-state index contributed by atoms with van der Waals surface area (Å²) < 4.78 is 1.43. The fraction of sp³-hybridized carbons (Fsp3) is 0.231. The minimum atomic E-state index is -0.680. The number of carbonyl (C=O) groups is 2. The van der Waals surface area contributed by atoms with Crippen LogP contribution in [0.15, 0.2) is 30.6 Å². The van der Waals surface area contributed by atoms with Gasteiger partial charge in [0.1, 0.15) is 12.4 Å². The topological polar surface area (TPSA) is 88.9 Å². The van der Waals surface area contributed by atoms with Gasteiger partial charge in [-0.05, 0) is 18.6 Å². The number of carbonyl (C=O) groups excluding carboxylic acids is 2. The SMILES string of the molecule is Cc1ccccc1NC(=O)[C@H]1CC(=O)Nc2ncnn21. The lowest BCUT2D eigenvalue weighted by molar-refractivity contribution is -0.125. The van der Waals surface area contributed by atoms with Gasteiger partial charge >= 0.3 is 0 Å². The molecule has 1 atom stereocenters. The van der Waals surface area contributed by atoms with E-state index in [0.717, 1.165) is 11.3 Å². The van der Waals surface area contributed by atoms with Crippen LogP contribution < -0.4 is 10.6 Å². The number of fused-ring (bicyclic) bond motifs is 1. The van der Waals surface area contributed by atoms with Crippen LogP contribution in [0.1, 0.15) is 18.0 Å². The Morgan fingerprint density at radius 2 is 2.25 bits per heavy atom. The van der Waals surface area contributed by atoms with Crippen molar-refractivity contribution in [3.8, 4) is 0 Å². The number of benzene rings is 1. The highest BCUT2D eigenvalue weighted by atomic mass is 16.2. The molecule has 102 valence electrons. The highest BCUT2D eigenvalue weighted by Crippen LogP contribution is 2.23. The van der Waals surface area contributed by atoms with E-state index in [1.807, 2.05) is 31.2 Å². The summed E-state index contributed by atoms with van der Waals surface area (Å²) in [5, 5.41) is 9.38. The average molecular weight is 271 g/mol. The van der Waals surface area contributed by atoms with Gasteiger partial charge in [0.2, 0.25) is 17.8 Å². The van der Waals surface area contributed by atoms with Crippen molar-refractivity contribution in [2.75, 3.05) is 10.6 Å². The van der Waals surface area contributed by atoms with E-state index in [2.05, 4.69) is 20.7 Å². The van der Waals surface area contributed by atoms with E-state index in [0.29, 0.717) is 5.95 Å². The van der Waals surface area contributed by atoms with E-state index in [1.165, 1.54) is 11.0 Å². The Hall–Kier alpha value is -2.70. The molecule has 2 heterocycles. The lowest BCUT2D eigenvalue weighted by Gasteiger charge is -2.22. The zero-order chi connectivity index (χ0) is 14.1. The maximum atomic E-state index is 12.3. The smallest absolute Gasteiger partial charge is 0.249 e. The van der Waals surface area contributed by atoms with E-state index in [4.69, 9.17) is 0 Å². The summed E-state index contributed by atoms with van der Waals surface area (Å²) in [6.07, 6.45) is 1.36. The largest absolute Gasteiger partial charge is 0.324 e. The third-order valence-corrected chi connectivity index (χ3v) is 3.20. The molecule has 0 radical (unpaired) electrons. The number of hydrogen-bond acceptors (Lipinski definition) is 4. The normalized spacial score (nSPS) is 17.2. The molecule has 0 saturated carbocycles. The molecule has 0 saturated heterocycles. The van der Waals surface area contributed by atoms with Crippen molar-refractivity contribution < 1.29 is 9.59 Å². The fourth-order valence-corrected chi connectivity index (χ4v) is 2.14. The Morgan fingerprint density at radius 3 is 3.05 bits per heavy atom. The number of aromatic nitrogens is 3. The van der Waals surface area contributed by atoms with Gasteiger partial charge < -0.3 is 5.32 Å². The van der Waals surface area contributed by atoms with Crippen LogP contribution in [-0.2, 0) is 9.59 Å². The molecule has 0 unspecified atom stereocenters. The van der Waals surface area contributed by atoms with Crippen molar-refractivity contribution in [2.24, 2.45) is 0 Å². The Bertz CT molecular complexity index is 679. The van der Waals surface area contributed by atoms with E-state index in [-0.39, 0.29) is 18.2 Å². The second-order valence-corrected chi connectivity index (χ2v) is 4.60. The second-order valence-electron chi connectivity index (χ2n) is 4.60. The number of anilines is 2. The predicted molar refractivity (Wildman–Crippen MR) is 72.1 cm³/mol. The molecule has 0 spiro atoms. The molecule has 0 bridgehead atoms. The Labute approximate surface area is 115 Å². The Morgan fingerprint density at radius 1 is 1.45 bits per heavy atom. The van der Waals surface area contributed by atoms with Crippen molar-refractivity contribution in [1.82, 2.24) is 14.8 Å².